The van der Waals surface area contributed by atoms with Crippen molar-refractivity contribution in [2.24, 2.45) is 4.99 Å². The SMILES string of the molecule is CCNC(=NCc1ccc(OCCO)c(OC)c1)Nc1ccc(OCC)c(OC)c1. The number of ether oxygens (including phenoxy) is 4. The maximum absolute atomic E-state index is 8.93. The Kier molecular flexibility index (Phi) is 9.60. The van der Waals surface area contributed by atoms with Gasteiger partial charge in [0.25, 0.3) is 0 Å². The number of aliphatic hydroxyl groups excluding tert-OH is 1. The van der Waals surface area contributed by atoms with E-state index in [1.807, 2.05) is 50.2 Å². The van der Waals surface area contributed by atoms with Gasteiger partial charge in [-0.25, -0.2) is 4.99 Å². The molecule has 0 spiro atoms. The zero-order chi connectivity index (χ0) is 21.8. The highest BCUT2D eigenvalue weighted by Crippen LogP contribution is 2.30. The Hall–Kier alpha value is -3.13. The van der Waals surface area contributed by atoms with Crippen LogP contribution in [0.15, 0.2) is 41.4 Å². The first-order chi connectivity index (χ1) is 14.6. The molecule has 0 unspecified atom stereocenters. The van der Waals surface area contributed by atoms with E-state index in [0.29, 0.717) is 42.1 Å². The number of anilines is 1. The van der Waals surface area contributed by atoms with E-state index in [0.717, 1.165) is 17.8 Å². The number of aliphatic hydroxyl groups is 1. The zero-order valence-electron chi connectivity index (χ0n) is 18.0. The Morgan fingerprint density at radius 2 is 1.63 bits per heavy atom. The molecule has 3 N–H and O–H groups in total. The van der Waals surface area contributed by atoms with Crippen molar-refractivity contribution in [2.75, 3.05) is 45.9 Å². The molecule has 2 rings (SSSR count). The van der Waals surface area contributed by atoms with E-state index in [1.54, 1.807) is 14.2 Å². The number of hydrogen-bond donors (Lipinski definition) is 3. The number of rotatable bonds is 11. The van der Waals surface area contributed by atoms with Crippen LogP contribution in [0.25, 0.3) is 0 Å². The lowest BCUT2D eigenvalue weighted by Crippen LogP contribution is -2.30. The summed E-state index contributed by atoms with van der Waals surface area (Å²) in [6.45, 7) is 5.84. The Morgan fingerprint density at radius 1 is 0.933 bits per heavy atom. The third kappa shape index (κ3) is 6.73. The van der Waals surface area contributed by atoms with Crippen molar-refractivity contribution in [3.8, 4) is 23.0 Å². The van der Waals surface area contributed by atoms with Crippen LogP contribution in [0, 0.1) is 0 Å². The molecule has 0 amide bonds. The minimum absolute atomic E-state index is 0.0523. The number of guanidine groups is 1. The predicted octanol–water partition coefficient (Wildman–Crippen LogP) is 3.05. The smallest absolute Gasteiger partial charge is 0.196 e. The van der Waals surface area contributed by atoms with Crippen molar-refractivity contribution in [3.05, 3.63) is 42.0 Å². The summed E-state index contributed by atoms with van der Waals surface area (Å²) in [4.78, 5) is 4.65. The first-order valence-electron chi connectivity index (χ1n) is 9.91. The maximum Gasteiger partial charge on any atom is 0.196 e. The van der Waals surface area contributed by atoms with Gasteiger partial charge in [-0.1, -0.05) is 6.07 Å². The normalized spacial score (nSPS) is 11.0. The van der Waals surface area contributed by atoms with Crippen LogP contribution in [0.2, 0.25) is 0 Å². The highest BCUT2D eigenvalue weighted by atomic mass is 16.5. The van der Waals surface area contributed by atoms with E-state index in [-0.39, 0.29) is 13.2 Å². The van der Waals surface area contributed by atoms with E-state index in [2.05, 4.69) is 15.6 Å². The van der Waals surface area contributed by atoms with Crippen LogP contribution >= 0.6 is 0 Å². The van der Waals surface area contributed by atoms with Crippen molar-refractivity contribution in [1.82, 2.24) is 5.32 Å². The molecule has 8 nitrogen and oxygen atoms in total. The third-order valence-corrected chi connectivity index (χ3v) is 4.07. The molecule has 0 fully saturated rings. The summed E-state index contributed by atoms with van der Waals surface area (Å²) in [5.41, 5.74) is 1.80. The molecule has 0 saturated carbocycles. The van der Waals surface area contributed by atoms with Crippen LogP contribution in [0.1, 0.15) is 19.4 Å². The van der Waals surface area contributed by atoms with Crippen LogP contribution in [0.5, 0.6) is 23.0 Å². The van der Waals surface area contributed by atoms with E-state index in [9.17, 15) is 0 Å². The van der Waals surface area contributed by atoms with Crippen LogP contribution < -0.4 is 29.6 Å². The van der Waals surface area contributed by atoms with Gasteiger partial charge in [-0.3, -0.25) is 0 Å². The van der Waals surface area contributed by atoms with Crippen LogP contribution in [0.4, 0.5) is 5.69 Å². The summed E-state index contributed by atoms with van der Waals surface area (Å²) in [7, 11) is 3.20. The number of nitrogens with zero attached hydrogens (tertiary/aromatic N) is 1. The number of aliphatic imine (C=N–C) groups is 1. The lowest BCUT2D eigenvalue weighted by atomic mass is 10.2. The number of benzene rings is 2. The lowest BCUT2D eigenvalue weighted by Gasteiger charge is -2.15. The monoisotopic (exact) mass is 417 g/mol. The maximum atomic E-state index is 8.93. The number of nitrogens with one attached hydrogen (secondary N) is 2. The zero-order valence-corrected chi connectivity index (χ0v) is 18.0. The molecule has 30 heavy (non-hydrogen) atoms. The van der Waals surface area contributed by atoms with Crippen LogP contribution in [-0.4, -0.2) is 51.7 Å². The summed E-state index contributed by atoms with van der Waals surface area (Å²) in [6.07, 6.45) is 0. The van der Waals surface area contributed by atoms with Crippen LogP contribution in [0.3, 0.4) is 0 Å². The first kappa shape index (κ1) is 23.2. The fourth-order valence-corrected chi connectivity index (χ4v) is 2.72. The van der Waals surface area contributed by atoms with Crippen molar-refractivity contribution in [1.29, 1.82) is 0 Å². The second-order valence-corrected chi connectivity index (χ2v) is 6.18. The Morgan fingerprint density at radius 3 is 2.30 bits per heavy atom. The average Bonchev–Trinajstić information content (AvgIpc) is 2.77. The average molecular weight is 418 g/mol. The second kappa shape index (κ2) is 12.4. The Labute approximate surface area is 177 Å². The Balaban J connectivity index is 2.14. The molecular formula is C22H31N3O5. The Bertz CT molecular complexity index is 826. The predicted molar refractivity (Wildman–Crippen MR) is 118 cm³/mol. The second-order valence-electron chi connectivity index (χ2n) is 6.18. The molecule has 0 aliphatic rings. The minimum Gasteiger partial charge on any atom is -0.493 e. The van der Waals surface area contributed by atoms with E-state index < -0.39 is 0 Å². The standard InChI is InChI=1S/C22H31N3O5/c1-5-23-22(25-17-8-10-18(29-6-2)21(14-17)28-4)24-15-16-7-9-19(30-12-11-26)20(13-16)27-3/h7-10,13-14,26H,5-6,11-12,15H2,1-4H3,(H2,23,24,25). The summed E-state index contributed by atoms with van der Waals surface area (Å²) in [5.74, 6) is 3.18. The third-order valence-electron chi connectivity index (χ3n) is 4.07. The lowest BCUT2D eigenvalue weighted by molar-refractivity contribution is 0.196. The van der Waals surface area contributed by atoms with Gasteiger partial charge in [0.2, 0.25) is 0 Å². The van der Waals surface area contributed by atoms with Gasteiger partial charge in [0.1, 0.15) is 6.61 Å². The molecule has 0 saturated heterocycles. The van der Waals surface area contributed by atoms with Gasteiger partial charge in [0.15, 0.2) is 29.0 Å². The minimum atomic E-state index is -0.0523. The fourth-order valence-electron chi connectivity index (χ4n) is 2.72. The molecule has 2 aromatic carbocycles. The topological polar surface area (TPSA) is 93.6 Å². The van der Waals surface area contributed by atoms with Gasteiger partial charge < -0.3 is 34.7 Å². The molecule has 0 bridgehead atoms. The summed E-state index contributed by atoms with van der Waals surface area (Å²) >= 11 is 0. The van der Waals surface area contributed by atoms with Gasteiger partial charge in [0.05, 0.1) is 34.0 Å². The molecule has 0 atom stereocenters. The molecule has 0 aliphatic carbocycles. The fraction of sp³-hybridized carbons (Fsp3) is 0.409. The van der Waals surface area contributed by atoms with Crippen LogP contribution in [-0.2, 0) is 6.54 Å². The molecule has 0 aromatic heterocycles. The van der Waals surface area contributed by atoms with Crippen molar-refractivity contribution in [3.63, 3.8) is 0 Å². The van der Waals surface area contributed by atoms with E-state index in [4.69, 9.17) is 24.1 Å². The van der Waals surface area contributed by atoms with E-state index >= 15 is 0 Å². The highest BCUT2D eigenvalue weighted by molar-refractivity contribution is 5.93. The summed E-state index contributed by atoms with van der Waals surface area (Å²) in [6, 6.07) is 11.3. The molecule has 0 heterocycles. The molecule has 0 aliphatic heterocycles. The quantitative estimate of drug-likeness (QED) is 0.382. The van der Waals surface area contributed by atoms with Gasteiger partial charge in [-0.2, -0.15) is 0 Å². The van der Waals surface area contributed by atoms with Gasteiger partial charge in [0, 0.05) is 18.3 Å². The van der Waals surface area contributed by atoms with Crippen molar-refractivity contribution >= 4 is 11.6 Å². The molecule has 164 valence electrons. The molecule has 8 heteroatoms. The van der Waals surface area contributed by atoms with Crippen molar-refractivity contribution in [2.45, 2.75) is 20.4 Å². The number of methoxy groups -OCH3 is 2. The summed E-state index contributed by atoms with van der Waals surface area (Å²) < 4.78 is 21.8. The van der Waals surface area contributed by atoms with Crippen molar-refractivity contribution < 1.29 is 24.1 Å². The van der Waals surface area contributed by atoms with Gasteiger partial charge in [-0.15, -0.1) is 0 Å². The van der Waals surface area contributed by atoms with E-state index in [1.165, 1.54) is 0 Å². The van der Waals surface area contributed by atoms with Gasteiger partial charge >= 0.3 is 0 Å². The first-order valence-corrected chi connectivity index (χ1v) is 9.91. The molecule has 0 radical (unpaired) electrons. The highest BCUT2D eigenvalue weighted by Gasteiger charge is 2.08. The van der Waals surface area contributed by atoms with Gasteiger partial charge in [-0.05, 0) is 43.7 Å². The largest absolute Gasteiger partial charge is 0.493 e. The number of hydrogen-bond acceptors (Lipinski definition) is 6. The molecular weight excluding hydrogens is 386 g/mol. The molecule has 2 aromatic rings. The summed E-state index contributed by atoms with van der Waals surface area (Å²) in [5, 5.41) is 15.4.